The van der Waals surface area contributed by atoms with E-state index in [9.17, 15) is 14.4 Å². The third-order valence-corrected chi connectivity index (χ3v) is 5.67. The van der Waals surface area contributed by atoms with Gasteiger partial charge in [-0.3, -0.25) is 9.59 Å². The van der Waals surface area contributed by atoms with Crippen LogP contribution in [0.3, 0.4) is 0 Å². The van der Waals surface area contributed by atoms with E-state index < -0.39 is 18.6 Å². The third-order valence-electron chi connectivity index (χ3n) is 4.66. The molecule has 0 bridgehead atoms. The molecule has 1 saturated heterocycles. The van der Waals surface area contributed by atoms with Gasteiger partial charge in [0.1, 0.15) is 11.8 Å². The van der Waals surface area contributed by atoms with E-state index in [2.05, 4.69) is 5.32 Å². The molecular formula is C18H22N2O5S. The van der Waals surface area contributed by atoms with E-state index in [4.69, 9.17) is 9.84 Å². The summed E-state index contributed by atoms with van der Waals surface area (Å²) < 4.78 is 5.06. The van der Waals surface area contributed by atoms with Gasteiger partial charge in [0.2, 0.25) is 11.8 Å². The third kappa shape index (κ3) is 4.49. The van der Waals surface area contributed by atoms with Crippen LogP contribution in [0, 0.1) is 5.92 Å². The predicted molar refractivity (Wildman–Crippen MR) is 98.1 cm³/mol. The first-order chi connectivity index (χ1) is 12.5. The van der Waals surface area contributed by atoms with E-state index in [1.165, 1.54) is 0 Å². The molecule has 1 aliphatic carbocycles. The lowest BCUT2D eigenvalue weighted by Crippen LogP contribution is -2.46. The smallest absolute Gasteiger partial charge is 0.341 e. The van der Waals surface area contributed by atoms with Crippen molar-refractivity contribution in [2.45, 2.75) is 31.7 Å². The van der Waals surface area contributed by atoms with E-state index >= 15 is 0 Å². The van der Waals surface area contributed by atoms with Crippen molar-refractivity contribution >= 4 is 35.2 Å². The van der Waals surface area contributed by atoms with Crippen LogP contribution >= 0.6 is 11.8 Å². The van der Waals surface area contributed by atoms with Crippen LogP contribution in [-0.2, 0) is 14.4 Å². The number of hydrogen-bond acceptors (Lipinski definition) is 5. The molecule has 2 amide bonds. The molecule has 1 heterocycles. The molecule has 140 valence electrons. The summed E-state index contributed by atoms with van der Waals surface area (Å²) in [7, 11) is 0. The molecule has 0 radical (unpaired) electrons. The molecule has 2 aliphatic rings. The van der Waals surface area contributed by atoms with Crippen LogP contribution < -0.4 is 10.1 Å². The summed E-state index contributed by atoms with van der Waals surface area (Å²) in [5.74, 6) is 0.507. The largest absolute Gasteiger partial charge is 0.482 e. The average Bonchev–Trinajstić information content (AvgIpc) is 3.32. The highest BCUT2D eigenvalue weighted by Gasteiger charge is 2.38. The number of amides is 2. The number of carboxylic acids is 1. The van der Waals surface area contributed by atoms with E-state index in [-0.39, 0.29) is 17.7 Å². The Kier molecular flexibility index (Phi) is 6.03. The number of ether oxygens (including phenoxy) is 1. The molecule has 0 aromatic heterocycles. The Hall–Kier alpha value is -2.22. The zero-order valence-electron chi connectivity index (χ0n) is 14.3. The first-order valence-corrected chi connectivity index (χ1v) is 9.84. The van der Waals surface area contributed by atoms with Gasteiger partial charge in [0.05, 0.1) is 5.88 Å². The molecule has 3 rings (SSSR count). The Balaban J connectivity index is 1.58. The van der Waals surface area contributed by atoms with Gasteiger partial charge in [-0.15, -0.1) is 11.8 Å². The van der Waals surface area contributed by atoms with Gasteiger partial charge in [0.15, 0.2) is 6.61 Å². The van der Waals surface area contributed by atoms with Crippen LogP contribution in [0.1, 0.15) is 25.7 Å². The van der Waals surface area contributed by atoms with Gasteiger partial charge in [-0.25, -0.2) is 4.79 Å². The van der Waals surface area contributed by atoms with Crippen molar-refractivity contribution < 1.29 is 24.2 Å². The number of carboxylic acid groups (broad SMARTS) is 1. The number of anilines is 1. The van der Waals surface area contributed by atoms with Gasteiger partial charge < -0.3 is 20.1 Å². The van der Waals surface area contributed by atoms with Crippen molar-refractivity contribution in [3.8, 4) is 5.75 Å². The number of aliphatic carboxylic acids is 1. The number of carbonyl (C=O) groups is 3. The van der Waals surface area contributed by atoms with E-state index in [1.807, 2.05) is 0 Å². The molecule has 1 atom stereocenters. The molecule has 26 heavy (non-hydrogen) atoms. The standard InChI is InChI=1S/C18H22N2O5S/c21-16(22)9-25-14-7-5-13(6-8-14)19-17(23)15-10-26-11-20(15)18(24)12-3-1-2-4-12/h5-8,12,15H,1-4,9-11H2,(H,19,23)(H,21,22). The van der Waals surface area contributed by atoms with Crippen LogP contribution in [-0.4, -0.2) is 52.1 Å². The predicted octanol–water partition coefficient (Wildman–Crippen LogP) is 2.18. The van der Waals surface area contributed by atoms with Gasteiger partial charge in [0.25, 0.3) is 0 Å². The lowest BCUT2D eigenvalue weighted by atomic mass is 10.1. The first-order valence-electron chi connectivity index (χ1n) is 8.68. The summed E-state index contributed by atoms with van der Waals surface area (Å²) in [6.45, 7) is -0.413. The highest BCUT2D eigenvalue weighted by Crippen LogP contribution is 2.31. The number of benzene rings is 1. The fourth-order valence-electron chi connectivity index (χ4n) is 3.29. The molecule has 7 nitrogen and oxygen atoms in total. The molecule has 1 aromatic rings. The number of nitrogens with zero attached hydrogens (tertiary/aromatic N) is 1. The second-order valence-corrected chi connectivity index (χ2v) is 7.50. The van der Waals surface area contributed by atoms with Crippen molar-refractivity contribution in [1.82, 2.24) is 4.90 Å². The second-order valence-electron chi connectivity index (χ2n) is 6.50. The number of nitrogens with one attached hydrogen (secondary N) is 1. The van der Waals surface area contributed by atoms with Crippen LogP contribution in [0.25, 0.3) is 0 Å². The molecular weight excluding hydrogens is 356 g/mol. The fourth-order valence-corrected chi connectivity index (χ4v) is 4.45. The summed E-state index contributed by atoms with van der Waals surface area (Å²) in [6, 6.07) is 6.06. The van der Waals surface area contributed by atoms with Gasteiger partial charge in [0, 0.05) is 17.4 Å². The van der Waals surface area contributed by atoms with Crippen molar-refractivity contribution in [2.24, 2.45) is 5.92 Å². The Morgan fingerprint density at radius 1 is 1.19 bits per heavy atom. The Morgan fingerprint density at radius 2 is 1.88 bits per heavy atom. The summed E-state index contributed by atoms with van der Waals surface area (Å²) in [4.78, 5) is 37.5. The van der Waals surface area contributed by atoms with Crippen molar-refractivity contribution in [3.63, 3.8) is 0 Å². The minimum atomic E-state index is -1.05. The van der Waals surface area contributed by atoms with Gasteiger partial charge in [-0.05, 0) is 37.1 Å². The van der Waals surface area contributed by atoms with Crippen LogP contribution in [0.5, 0.6) is 5.75 Å². The minimum absolute atomic E-state index is 0.0645. The van der Waals surface area contributed by atoms with E-state index in [0.29, 0.717) is 23.1 Å². The highest BCUT2D eigenvalue weighted by atomic mass is 32.2. The normalized spacial score (nSPS) is 20.2. The number of carbonyl (C=O) groups excluding carboxylic acids is 2. The summed E-state index contributed by atoms with van der Waals surface area (Å²) in [5, 5.41) is 11.4. The van der Waals surface area contributed by atoms with E-state index in [0.717, 1.165) is 25.7 Å². The Bertz CT molecular complexity index is 673. The van der Waals surface area contributed by atoms with Crippen molar-refractivity contribution in [3.05, 3.63) is 24.3 Å². The molecule has 2 N–H and O–H groups in total. The maximum absolute atomic E-state index is 12.7. The molecule has 1 aromatic carbocycles. The first kappa shape index (κ1) is 18.6. The van der Waals surface area contributed by atoms with Gasteiger partial charge >= 0.3 is 5.97 Å². The zero-order chi connectivity index (χ0) is 18.5. The molecule has 0 spiro atoms. The van der Waals surface area contributed by atoms with Gasteiger partial charge in [-0.2, -0.15) is 0 Å². The van der Waals surface area contributed by atoms with Crippen LogP contribution in [0.2, 0.25) is 0 Å². The lowest BCUT2D eigenvalue weighted by molar-refractivity contribution is -0.139. The molecule has 8 heteroatoms. The fraction of sp³-hybridized carbons (Fsp3) is 0.500. The average molecular weight is 378 g/mol. The molecule has 2 fully saturated rings. The Morgan fingerprint density at radius 3 is 2.54 bits per heavy atom. The minimum Gasteiger partial charge on any atom is -0.482 e. The van der Waals surface area contributed by atoms with Crippen LogP contribution in [0.15, 0.2) is 24.3 Å². The quantitative estimate of drug-likeness (QED) is 0.788. The SMILES string of the molecule is O=C(O)COc1ccc(NC(=O)C2CSCN2C(=O)C2CCCC2)cc1. The zero-order valence-corrected chi connectivity index (χ0v) is 15.2. The Labute approximate surface area is 156 Å². The molecule has 1 aliphatic heterocycles. The molecule has 1 saturated carbocycles. The monoisotopic (exact) mass is 378 g/mol. The number of thioether (sulfide) groups is 1. The number of rotatable bonds is 6. The van der Waals surface area contributed by atoms with Crippen molar-refractivity contribution in [2.75, 3.05) is 23.6 Å². The highest BCUT2D eigenvalue weighted by molar-refractivity contribution is 7.99. The second kappa shape index (κ2) is 8.44. The lowest BCUT2D eigenvalue weighted by Gasteiger charge is -2.25. The van der Waals surface area contributed by atoms with Crippen LogP contribution in [0.4, 0.5) is 5.69 Å². The van der Waals surface area contributed by atoms with Crippen molar-refractivity contribution in [1.29, 1.82) is 0 Å². The van der Waals surface area contributed by atoms with E-state index in [1.54, 1.807) is 40.9 Å². The topological polar surface area (TPSA) is 95.9 Å². The summed E-state index contributed by atoms with van der Waals surface area (Å²) in [5.41, 5.74) is 0.586. The molecule has 1 unspecified atom stereocenters. The summed E-state index contributed by atoms with van der Waals surface area (Å²) in [6.07, 6.45) is 4.02. The number of hydrogen-bond donors (Lipinski definition) is 2. The van der Waals surface area contributed by atoms with Gasteiger partial charge in [-0.1, -0.05) is 12.8 Å². The summed E-state index contributed by atoms with van der Waals surface area (Å²) >= 11 is 1.60. The maximum Gasteiger partial charge on any atom is 0.341 e. The maximum atomic E-state index is 12.7.